The lowest BCUT2D eigenvalue weighted by Crippen LogP contribution is -2.53. The lowest BCUT2D eigenvalue weighted by Gasteiger charge is -2.40. The molecule has 1 aromatic carbocycles. The minimum Gasteiger partial charge on any atom is -0.394 e. The van der Waals surface area contributed by atoms with Crippen molar-refractivity contribution in [1.82, 2.24) is 4.90 Å². The first-order chi connectivity index (χ1) is 8.11. The monoisotopic (exact) mass is 298 g/mol. The van der Waals surface area contributed by atoms with Crippen LogP contribution in [0.25, 0.3) is 0 Å². The Morgan fingerprint density at radius 3 is 2.82 bits per heavy atom. The molecule has 1 saturated heterocycles. The highest BCUT2D eigenvalue weighted by Gasteiger charge is 2.24. The highest BCUT2D eigenvalue weighted by Crippen LogP contribution is 2.25. The maximum atomic E-state index is 9.49. The summed E-state index contributed by atoms with van der Waals surface area (Å²) in [4.78, 5) is 4.57. The number of aryl methyl sites for hydroxylation is 1. The quantitative estimate of drug-likeness (QED) is 0.903. The molecular weight excluding hydrogens is 280 g/mol. The number of aliphatic hydroxyl groups excluding tert-OH is 1. The third kappa shape index (κ3) is 2.81. The third-order valence-corrected chi connectivity index (χ3v) is 4.26. The van der Waals surface area contributed by atoms with Crippen LogP contribution < -0.4 is 4.90 Å². The number of nitrogens with zero attached hydrogens (tertiary/aromatic N) is 2. The average molecular weight is 299 g/mol. The predicted molar refractivity (Wildman–Crippen MR) is 74.6 cm³/mol. The zero-order valence-corrected chi connectivity index (χ0v) is 11.9. The molecule has 1 N–H and O–H groups in total. The number of anilines is 1. The standard InChI is InChI=1S/C13H19BrN2O/c1-10-7-11(3-4-13(10)14)16-6-5-15(2)8-12(16)9-17/h3-4,7,12,17H,5-6,8-9H2,1-2H3. The molecule has 1 aliphatic heterocycles. The number of aliphatic hydroxyl groups is 1. The Morgan fingerprint density at radius 2 is 2.18 bits per heavy atom. The molecule has 1 aromatic rings. The van der Waals surface area contributed by atoms with Gasteiger partial charge in [-0.25, -0.2) is 0 Å². The summed E-state index contributed by atoms with van der Waals surface area (Å²) in [5.74, 6) is 0. The highest BCUT2D eigenvalue weighted by molar-refractivity contribution is 9.10. The van der Waals surface area contributed by atoms with Crippen LogP contribution in [0.2, 0.25) is 0 Å². The van der Waals surface area contributed by atoms with Crippen LogP contribution in [0.15, 0.2) is 22.7 Å². The number of piperazine rings is 1. The molecule has 1 atom stereocenters. The van der Waals surface area contributed by atoms with Gasteiger partial charge >= 0.3 is 0 Å². The lowest BCUT2D eigenvalue weighted by atomic mass is 10.1. The second-order valence-electron chi connectivity index (χ2n) is 4.73. The largest absolute Gasteiger partial charge is 0.394 e. The molecule has 1 aliphatic rings. The van der Waals surface area contributed by atoms with Gasteiger partial charge in [0.2, 0.25) is 0 Å². The molecule has 1 fully saturated rings. The van der Waals surface area contributed by atoms with Crippen molar-refractivity contribution in [3.8, 4) is 0 Å². The van der Waals surface area contributed by atoms with Crippen LogP contribution in [0.5, 0.6) is 0 Å². The van der Waals surface area contributed by atoms with Crippen LogP contribution in [0.1, 0.15) is 5.56 Å². The van der Waals surface area contributed by atoms with Crippen molar-refractivity contribution in [3.63, 3.8) is 0 Å². The van der Waals surface area contributed by atoms with E-state index in [4.69, 9.17) is 0 Å². The first-order valence-corrected chi connectivity index (χ1v) is 6.73. The molecule has 3 nitrogen and oxygen atoms in total. The number of hydrogen-bond donors (Lipinski definition) is 1. The maximum Gasteiger partial charge on any atom is 0.0648 e. The van der Waals surface area contributed by atoms with E-state index in [0.717, 1.165) is 24.1 Å². The molecule has 2 rings (SSSR count). The molecule has 0 bridgehead atoms. The molecule has 0 amide bonds. The van der Waals surface area contributed by atoms with E-state index in [1.807, 2.05) is 0 Å². The summed E-state index contributed by atoms with van der Waals surface area (Å²) in [7, 11) is 2.10. The van der Waals surface area contributed by atoms with E-state index in [1.165, 1.54) is 11.3 Å². The van der Waals surface area contributed by atoms with Gasteiger partial charge < -0.3 is 14.9 Å². The predicted octanol–water partition coefficient (Wildman–Crippen LogP) is 1.87. The van der Waals surface area contributed by atoms with E-state index in [9.17, 15) is 5.11 Å². The Balaban J connectivity index is 2.22. The summed E-state index contributed by atoms with van der Waals surface area (Å²) in [5, 5.41) is 9.49. The number of benzene rings is 1. The van der Waals surface area contributed by atoms with Crippen molar-refractivity contribution in [2.75, 3.05) is 38.2 Å². The van der Waals surface area contributed by atoms with Gasteiger partial charge in [-0.1, -0.05) is 15.9 Å². The average Bonchev–Trinajstić information content (AvgIpc) is 2.32. The van der Waals surface area contributed by atoms with Crippen molar-refractivity contribution in [2.24, 2.45) is 0 Å². The van der Waals surface area contributed by atoms with Crippen molar-refractivity contribution >= 4 is 21.6 Å². The van der Waals surface area contributed by atoms with E-state index in [1.54, 1.807) is 0 Å². The first kappa shape index (κ1) is 12.9. The topological polar surface area (TPSA) is 26.7 Å². The van der Waals surface area contributed by atoms with Gasteiger partial charge in [0.1, 0.15) is 0 Å². The summed E-state index contributed by atoms with van der Waals surface area (Å²) in [5.41, 5.74) is 2.44. The van der Waals surface area contributed by atoms with Crippen LogP contribution in [-0.4, -0.2) is 49.3 Å². The lowest BCUT2D eigenvalue weighted by molar-refractivity contribution is 0.191. The molecule has 0 saturated carbocycles. The Bertz CT molecular complexity index is 397. The second-order valence-corrected chi connectivity index (χ2v) is 5.58. The minimum atomic E-state index is 0.203. The summed E-state index contributed by atoms with van der Waals surface area (Å²) in [6, 6.07) is 6.58. The zero-order chi connectivity index (χ0) is 12.4. The number of rotatable bonds is 2. The fourth-order valence-corrected chi connectivity index (χ4v) is 2.56. The van der Waals surface area contributed by atoms with Crippen LogP contribution in [-0.2, 0) is 0 Å². The summed E-state index contributed by atoms with van der Waals surface area (Å²) < 4.78 is 1.14. The van der Waals surface area contributed by atoms with E-state index in [-0.39, 0.29) is 12.6 Å². The molecule has 1 heterocycles. The molecule has 17 heavy (non-hydrogen) atoms. The van der Waals surface area contributed by atoms with Gasteiger partial charge in [-0.15, -0.1) is 0 Å². The fraction of sp³-hybridized carbons (Fsp3) is 0.538. The van der Waals surface area contributed by atoms with E-state index < -0.39 is 0 Å². The Morgan fingerprint density at radius 1 is 1.41 bits per heavy atom. The van der Waals surface area contributed by atoms with Crippen molar-refractivity contribution < 1.29 is 5.11 Å². The molecule has 0 radical (unpaired) electrons. The van der Waals surface area contributed by atoms with Crippen LogP contribution >= 0.6 is 15.9 Å². The van der Waals surface area contributed by atoms with Crippen LogP contribution in [0.3, 0.4) is 0 Å². The van der Waals surface area contributed by atoms with Gasteiger partial charge in [0, 0.05) is 29.8 Å². The molecule has 0 aromatic heterocycles. The van der Waals surface area contributed by atoms with Crippen molar-refractivity contribution in [2.45, 2.75) is 13.0 Å². The Kier molecular flexibility index (Phi) is 4.07. The number of halogens is 1. The third-order valence-electron chi connectivity index (χ3n) is 3.37. The SMILES string of the molecule is Cc1cc(N2CCN(C)CC2CO)ccc1Br. The molecule has 4 heteroatoms. The van der Waals surface area contributed by atoms with Crippen molar-refractivity contribution in [3.05, 3.63) is 28.2 Å². The van der Waals surface area contributed by atoms with Gasteiger partial charge in [-0.3, -0.25) is 0 Å². The molecule has 1 unspecified atom stereocenters. The first-order valence-electron chi connectivity index (χ1n) is 5.94. The maximum absolute atomic E-state index is 9.49. The van der Waals surface area contributed by atoms with Crippen LogP contribution in [0, 0.1) is 6.92 Å². The zero-order valence-electron chi connectivity index (χ0n) is 10.4. The highest BCUT2D eigenvalue weighted by atomic mass is 79.9. The summed E-state index contributed by atoms with van der Waals surface area (Å²) in [6.45, 7) is 5.25. The molecular formula is C13H19BrN2O. The van der Waals surface area contributed by atoms with Crippen molar-refractivity contribution in [1.29, 1.82) is 0 Å². The molecule has 0 spiro atoms. The number of hydrogen-bond acceptors (Lipinski definition) is 3. The fourth-order valence-electron chi connectivity index (χ4n) is 2.31. The smallest absolute Gasteiger partial charge is 0.0648 e. The van der Waals surface area contributed by atoms with Crippen LogP contribution in [0.4, 0.5) is 5.69 Å². The molecule has 0 aliphatic carbocycles. The van der Waals surface area contributed by atoms with Gasteiger partial charge in [0.25, 0.3) is 0 Å². The second kappa shape index (κ2) is 5.38. The Hall–Kier alpha value is -0.580. The summed E-state index contributed by atoms with van der Waals surface area (Å²) >= 11 is 3.52. The molecule has 94 valence electrons. The number of likely N-dealkylation sites (N-methyl/N-ethyl adjacent to an activating group) is 1. The summed E-state index contributed by atoms with van der Waals surface area (Å²) in [6.07, 6.45) is 0. The minimum absolute atomic E-state index is 0.203. The normalized spacial score (nSPS) is 21.9. The van der Waals surface area contributed by atoms with Gasteiger partial charge in [-0.05, 0) is 37.7 Å². The van der Waals surface area contributed by atoms with Gasteiger partial charge in [0.05, 0.1) is 12.6 Å². The van der Waals surface area contributed by atoms with E-state index in [0.29, 0.717) is 0 Å². The van der Waals surface area contributed by atoms with Gasteiger partial charge in [-0.2, -0.15) is 0 Å². The van der Waals surface area contributed by atoms with E-state index >= 15 is 0 Å². The van der Waals surface area contributed by atoms with E-state index in [2.05, 4.69) is 57.9 Å². The Labute approximate surface area is 111 Å². The van der Waals surface area contributed by atoms with Gasteiger partial charge in [0.15, 0.2) is 0 Å².